The van der Waals surface area contributed by atoms with Crippen molar-refractivity contribution in [2.75, 3.05) is 31.1 Å². The van der Waals surface area contributed by atoms with Crippen LogP contribution in [-0.2, 0) is 9.59 Å². The zero-order valence-electron chi connectivity index (χ0n) is 15.3. The van der Waals surface area contributed by atoms with Gasteiger partial charge >= 0.3 is 0 Å². The Morgan fingerprint density at radius 3 is 2.39 bits per heavy atom. The highest BCUT2D eigenvalue weighted by Crippen LogP contribution is 2.24. The average molecular weight is 399 g/mol. The van der Waals surface area contributed by atoms with Gasteiger partial charge in [0.25, 0.3) is 11.8 Å². The molecule has 6 nitrogen and oxygen atoms in total. The lowest BCUT2D eigenvalue weighted by Gasteiger charge is -2.34. The van der Waals surface area contributed by atoms with Gasteiger partial charge in [0.2, 0.25) is 5.91 Å². The lowest BCUT2D eigenvalue weighted by molar-refractivity contribution is -0.918. The molecule has 0 saturated carbocycles. The van der Waals surface area contributed by atoms with E-state index in [1.165, 1.54) is 4.90 Å². The molecule has 0 spiro atoms. The Labute approximate surface area is 168 Å². The molecule has 4 rings (SSSR count). The van der Waals surface area contributed by atoms with Crippen LogP contribution >= 0.6 is 11.6 Å². The maximum Gasteiger partial charge on any atom is 0.292 e. The first kappa shape index (κ1) is 18.7. The molecule has 144 valence electrons. The number of hydrogen-bond acceptors (Lipinski definition) is 3. The summed E-state index contributed by atoms with van der Waals surface area (Å²) < 4.78 is 0. The van der Waals surface area contributed by atoms with Crippen LogP contribution in [-0.4, -0.2) is 54.8 Å². The molecule has 1 N–H and O–H groups in total. The lowest BCUT2D eigenvalue weighted by atomic mass is 10.1. The molecule has 2 aromatic carbocycles. The number of hydrogen-bond donors (Lipinski definition) is 1. The molecular weight excluding hydrogens is 378 g/mol. The summed E-state index contributed by atoms with van der Waals surface area (Å²) in [7, 11) is 0. The van der Waals surface area contributed by atoms with Crippen molar-refractivity contribution in [3.8, 4) is 0 Å². The van der Waals surface area contributed by atoms with E-state index >= 15 is 0 Å². The minimum absolute atomic E-state index is 0.00836. The van der Waals surface area contributed by atoms with Gasteiger partial charge in [0.05, 0.1) is 38.3 Å². The molecule has 28 heavy (non-hydrogen) atoms. The largest absolute Gasteiger partial charge is 0.327 e. The highest BCUT2D eigenvalue weighted by Gasteiger charge is 2.46. The van der Waals surface area contributed by atoms with Gasteiger partial charge < -0.3 is 9.80 Å². The van der Waals surface area contributed by atoms with Crippen LogP contribution in [0.3, 0.4) is 0 Å². The van der Waals surface area contributed by atoms with Crippen LogP contribution in [0.25, 0.3) is 0 Å². The van der Waals surface area contributed by atoms with Crippen LogP contribution in [0.15, 0.2) is 54.6 Å². The first-order chi connectivity index (χ1) is 13.5. The summed E-state index contributed by atoms with van der Waals surface area (Å²) in [4.78, 5) is 42.1. The van der Waals surface area contributed by atoms with Gasteiger partial charge in [-0.3, -0.25) is 14.4 Å². The second kappa shape index (κ2) is 7.73. The second-order valence-corrected chi connectivity index (χ2v) is 7.56. The Balaban J connectivity index is 1.42. The van der Waals surface area contributed by atoms with E-state index in [1.54, 1.807) is 24.3 Å². The first-order valence-corrected chi connectivity index (χ1v) is 9.73. The van der Waals surface area contributed by atoms with Gasteiger partial charge in [0.15, 0.2) is 6.04 Å². The molecule has 2 aliphatic heterocycles. The van der Waals surface area contributed by atoms with Crippen molar-refractivity contribution < 1.29 is 19.3 Å². The molecule has 0 aliphatic carbocycles. The van der Waals surface area contributed by atoms with Gasteiger partial charge in [-0.2, -0.15) is 0 Å². The number of nitrogens with one attached hydrogen (secondary N) is 1. The summed E-state index contributed by atoms with van der Waals surface area (Å²) in [5, 5.41) is 0.488. The monoisotopic (exact) mass is 398 g/mol. The molecule has 1 atom stereocenters. The number of carbonyl (C=O) groups excluding carboxylic acids is 3. The van der Waals surface area contributed by atoms with Crippen molar-refractivity contribution in [2.24, 2.45) is 0 Å². The van der Waals surface area contributed by atoms with Gasteiger partial charge in [-0.05, 0) is 30.3 Å². The van der Waals surface area contributed by atoms with Gasteiger partial charge in [-0.1, -0.05) is 35.9 Å². The molecule has 2 saturated heterocycles. The highest BCUT2D eigenvalue weighted by molar-refractivity contribution is 6.31. The minimum Gasteiger partial charge on any atom is -0.327 e. The van der Waals surface area contributed by atoms with Gasteiger partial charge in [0.1, 0.15) is 0 Å². The number of anilines is 1. The third-order valence-corrected chi connectivity index (χ3v) is 5.65. The summed E-state index contributed by atoms with van der Waals surface area (Å²) in [6.07, 6.45) is 0.188. The fraction of sp³-hybridized carbons (Fsp3) is 0.286. The molecule has 0 radical (unpaired) electrons. The van der Waals surface area contributed by atoms with Crippen molar-refractivity contribution in [2.45, 2.75) is 12.5 Å². The molecule has 2 fully saturated rings. The number of benzene rings is 2. The Hall–Kier alpha value is -2.70. The molecule has 3 amide bonds. The predicted molar refractivity (Wildman–Crippen MR) is 105 cm³/mol. The fourth-order valence-corrected chi connectivity index (χ4v) is 4.13. The molecule has 2 aliphatic rings. The van der Waals surface area contributed by atoms with Crippen LogP contribution in [0.5, 0.6) is 0 Å². The quantitative estimate of drug-likeness (QED) is 0.785. The Kier molecular flexibility index (Phi) is 5.15. The summed E-state index contributed by atoms with van der Waals surface area (Å²) >= 11 is 6.01. The summed E-state index contributed by atoms with van der Waals surface area (Å²) in [6, 6.07) is 15.6. The first-order valence-electron chi connectivity index (χ1n) is 9.36. The summed E-state index contributed by atoms with van der Waals surface area (Å²) in [6.45, 7) is 2.42. The molecule has 7 heteroatoms. The zero-order valence-corrected chi connectivity index (χ0v) is 16.1. The SMILES string of the molecule is O=C(c1ccccc1)N1CC[NH+](C2CC(=O)N(c3cccc(Cl)c3)C2=O)CC1. The van der Waals surface area contributed by atoms with Gasteiger partial charge in [-0.15, -0.1) is 0 Å². The van der Waals surface area contributed by atoms with Crippen molar-refractivity contribution >= 4 is 35.0 Å². The highest BCUT2D eigenvalue weighted by atomic mass is 35.5. The van der Waals surface area contributed by atoms with Crippen LogP contribution in [0.2, 0.25) is 5.02 Å². The van der Waals surface area contributed by atoms with Gasteiger partial charge in [0, 0.05) is 10.6 Å². The molecule has 1 unspecified atom stereocenters. The number of rotatable bonds is 3. The number of halogens is 1. The standard InChI is InChI=1S/C21H20ClN3O3/c22-16-7-4-8-17(13-16)25-19(26)14-18(21(25)28)23-9-11-24(12-10-23)20(27)15-5-2-1-3-6-15/h1-8,13,18H,9-12,14H2/p+1. The third-order valence-electron chi connectivity index (χ3n) is 5.42. The van der Waals surface area contributed by atoms with E-state index in [4.69, 9.17) is 11.6 Å². The fourth-order valence-electron chi connectivity index (χ4n) is 3.95. The molecular formula is C21H21ClN3O3+. The Morgan fingerprint density at radius 2 is 1.71 bits per heavy atom. The number of quaternary nitrogens is 1. The topological polar surface area (TPSA) is 62.1 Å². The molecule has 0 aromatic heterocycles. The van der Waals surface area contributed by atoms with Crippen LogP contribution in [0.4, 0.5) is 5.69 Å². The second-order valence-electron chi connectivity index (χ2n) is 7.12. The normalized spacial score (nSPS) is 20.7. The van der Waals surface area contributed by atoms with E-state index in [9.17, 15) is 14.4 Å². The Bertz CT molecular complexity index is 910. The molecule has 2 aromatic rings. The number of amides is 3. The zero-order chi connectivity index (χ0) is 19.7. The van der Waals surface area contributed by atoms with Crippen molar-refractivity contribution in [3.63, 3.8) is 0 Å². The Morgan fingerprint density at radius 1 is 1.00 bits per heavy atom. The number of carbonyl (C=O) groups is 3. The molecule has 2 heterocycles. The number of nitrogens with zero attached hydrogens (tertiary/aromatic N) is 2. The number of piperazine rings is 1. The van der Waals surface area contributed by atoms with Crippen LogP contribution in [0, 0.1) is 0 Å². The number of imide groups is 1. The van der Waals surface area contributed by atoms with E-state index in [0.29, 0.717) is 42.5 Å². The van der Waals surface area contributed by atoms with E-state index in [1.807, 2.05) is 35.2 Å². The predicted octanol–water partition coefficient (Wildman–Crippen LogP) is 1.01. The van der Waals surface area contributed by atoms with E-state index in [0.717, 1.165) is 4.90 Å². The smallest absolute Gasteiger partial charge is 0.292 e. The maximum atomic E-state index is 12.9. The van der Waals surface area contributed by atoms with E-state index < -0.39 is 6.04 Å². The minimum atomic E-state index is -0.402. The van der Waals surface area contributed by atoms with Crippen molar-refractivity contribution in [1.82, 2.24) is 4.90 Å². The summed E-state index contributed by atoms with van der Waals surface area (Å²) in [5.41, 5.74) is 1.19. The van der Waals surface area contributed by atoms with E-state index in [2.05, 4.69) is 0 Å². The summed E-state index contributed by atoms with van der Waals surface area (Å²) in [5.74, 6) is -0.383. The molecule has 0 bridgehead atoms. The van der Waals surface area contributed by atoms with Crippen molar-refractivity contribution in [1.29, 1.82) is 0 Å². The van der Waals surface area contributed by atoms with Gasteiger partial charge in [-0.25, -0.2) is 4.90 Å². The van der Waals surface area contributed by atoms with Crippen LogP contribution in [0.1, 0.15) is 16.8 Å². The third kappa shape index (κ3) is 3.53. The lowest BCUT2D eigenvalue weighted by Crippen LogP contribution is -3.19. The maximum absolute atomic E-state index is 12.9. The van der Waals surface area contributed by atoms with Crippen molar-refractivity contribution in [3.05, 3.63) is 65.2 Å². The average Bonchev–Trinajstić information content (AvgIpc) is 3.02. The van der Waals surface area contributed by atoms with E-state index in [-0.39, 0.29) is 24.1 Å². The van der Waals surface area contributed by atoms with Crippen LogP contribution < -0.4 is 9.80 Å².